The van der Waals surface area contributed by atoms with E-state index in [1.165, 1.54) is 12.3 Å². The van der Waals surface area contributed by atoms with Crippen molar-refractivity contribution in [2.75, 3.05) is 45.7 Å². The zero-order valence-corrected chi connectivity index (χ0v) is 27.8. The number of carboxylic acids is 1. The second-order valence-electron chi connectivity index (χ2n) is 12.8. The maximum atomic E-state index is 15.8. The Morgan fingerprint density at radius 1 is 1.02 bits per heavy atom. The summed E-state index contributed by atoms with van der Waals surface area (Å²) in [6, 6.07) is 9.56. The lowest BCUT2D eigenvalue weighted by molar-refractivity contribution is -0.253. The van der Waals surface area contributed by atoms with E-state index in [9.17, 15) is 19.5 Å². The molecule has 1 saturated carbocycles. The number of fused-ring (bicyclic) bond motifs is 1. The average molecular weight is 686 g/mol. The molecule has 0 spiro atoms. The zero-order valence-electron chi connectivity index (χ0n) is 27.1. The highest BCUT2D eigenvalue weighted by Crippen LogP contribution is 2.39. The largest absolute Gasteiger partial charge is 0.481 e. The molecule has 1 aliphatic carbocycles. The molecule has 11 nitrogen and oxygen atoms in total. The minimum absolute atomic E-state index is 0.0586. The molecule has 2 aliphatic heterocycles. The minimum Gasteiger partial charge on any atom is -0.481 e. The molecular weight excluding hydrogens is 645 g/mol. The summed E-state index contributed by atoms with van der Waals surface area (Å²) >= 11 is 6.60. The van der Waals surface area contributed by atoms with Gasteiger partial charge in [0.05, 0.1) is 40.5 Å². The molecule has 1 aromatic heterocycles. The summed E-state index contributed by atoms with van der Waals surface area (Å²) in [5, 5.41) is 12.9. The van der Waals surface area contributed by atoms with Crippen LogP contribution in [0.4, 0.5) is 10.1 Å². The number of nitrogens with one attached hydrogen (secondary N) is 1. The number of methoxy groups -OCH3 is 2. The van der Waals surface area contributed by atoms with Gasteiger partial charge in [0, 0.05) is 52.2 Å². The third-order valence-electron chi connectivity index (χ3n) is 9.96. The molecule has 48 heavy (non-hydrogen) atoms. The topological polar surface area (TPSA) is 131 Å². The summed E-state index contributed by atoms with van der Waals surface area (Å²) in [6.45, 7) is 1.88. The Balaban J connectivity index is 1.29. The van der Waals surface area contributed by atoms with Crippen molar-refractivity contribution < 1.29 is 42.5 Å². The van der Waals surface area contributed by atoms with Crippen LogP contribution in [0, 0.1) is 11.7 Å². The number of Topliss-reactive ketones (excluding diaryl/α,β-unsaturated/α-hetero) is 1. The van der Waals surface area contributed by atoms with E-state index < -0.39 is 29.5 Å². The number of likely N-dealkylation sites (tertiary alicyclic amines) is 2. The number of ether oxygens (including phenoxy) is 3. The van der Waals surface area contributed by atoms with Crippen LogP contribution < -0.4 is 5.32 Å². The summed E-state index contributed by atoms with van der Waals surface area (Å²) in [4.78, 5) is 43.5. The van der Waals surface area contributed by atoms with Crippen molar-refractivity contribution in [3.8, 4) is 0 Å². The number of hydrogen-bond donors (Lipinski definition) is 2. The predicted molar refractivity (Wildman–Crippen MR) is 175 cm³/mol. The Labute approximate surface area is 283 Å². The number of carboxylic acid groups (broad SMARTS) is 1. The Hall–Kier alpha value is -3.39. The van der Waals surface area contributed by atoms with Gasteiger partial charge in [-0.15, -0.1) is 0 Å². The molecule has 0 radical (unpaired) electrons. The predicted octanol–water partition coefficient (Wildman–Crippen LogP) is 5.34. The number of carbonyl (C=O) groups excluding carboxylic acids is 2. The molecular formula is C35H41ClFN3O8. The number of ketones is 1. The van der Waals surface area contributed by atoms with E-state index in [0.29, 0.717) is 62.8 Å². The van der Waals surface area contributed by atoms with E-state index in [0.717, 1.165) is 18.9 Å². The van der Waals surface area contributed by atoms with Crippen LogP contribution in [0.5, 0.6) is 0 Å². The molecule has 3 aromatic rings. The molecule has 3 aliphatic rings. The van der Waals surface area contributed by atoms with Crippen molar-refractivity contribution >= 4 is 45.9 Å². The zero-order chi connectivity index (χ0) is 34.0. The molecule has 13 heteroatoms. The quantitative estimate of drug-likeness (QED) is 0.258. The highest BCUT2D eigenvalue weighted by Gasteiger charge is 2.56. The number of nitrogens with zero attached hydrogens (tertiary/aromatic N) is 2. The smallest absolute Gasteiger partial charge is 0.306 e. The molecule has 258 valence electrons. The Kier molecular flexibility index (Phi) is 10.5. The van der Waals surface area contributed by atoms with Crippen molar-refractivity contribution in [3.05, 3.63) is 64.6 Å². The first-order valence-corrected chi connectivity index (χ1v) is 16.8. The lowest BCUT2D eigenvalue weighted by Gasteiger charge is -2.48. The third kappa shape index (κ3) is 6.74. The monoisotopic (exact) mass is 685 g/mol. The van der Waals surface area contributed by atoms with Gasteiger partial charge in [-0.05, 0) is 62.3 Å². The second-order valence-corrected chi connectivity index (χ2v) is 13.2. The Bertz CT molecular complexity index is 1640. The van der Waals surface area contributed by atoms with Gasteiger partial charge in [-0.2, -0.15) is 0 Å². The Morgan fingerprint density at radius 2 is 1.69 bits per heavy atom. The van der Waals surface area contributed by atoms with E-state index in [1.807, 2.05) is 9.80 Å². The Morgan fingerprint density at radius 3 is 2.33 bits per heavy atom. The maximum Gasteiger partial charge on any atom is 0.306 e. The van der Waals surface area contributed by atoms with Gasteiger partial charge in [0.2, 0.25) is 5.85 Å². The maximum absolute atomic E-state index is 15.8. The molecule has 2 N–H and O–H groups in total. The first kappa shape index (κ1) is 34.5. The first-order valence-electron chi connectivity index (χ1n) is 16.4. The fourth-order valence-corrected chi connectivity index (χ4v) is 7.58. The van der Waals surface area contributed by atoms with Crippen molar-refractivity contribution in [2.24, 2.45) is 5.92 Å². The fourth-order valence-electron chi connectivity index (χ4n) is 7.34. The number of benzene rings is 2. The van der Waals surface area contributed by atoms with Gasteiger partial charge in [-0.3, -0.25) is 24.2 Å². The first-order chi connectivity index (χ1) is 23.1. The number of halogens is 2. The average Bonchev–Trinajstić information content (AvgIpc) is 3.86. The molecule has 6 rings (SSSR count). The molecule has 3 heterocycles. The second kappa shape index (κ2) is 14.6. The van der Waals surface area contributed by atoms with Crippen molar-refractivity contribution in [1.29, 1.82) is 0 Å². The number of para-hydroxylation sites is 1. The summed E-state index contributed by atoms with van der Waals surface area (Å²) in [5.41, 5.74) is 0.937. The van der Waals surface area contributed by atoms with Gasteiger partial charge in [0.15, 0.2) is 5.78 Å². The van der Waals surface area contributed by atoms with E-state index in [2.05, 4.69) is 5.32 Å². The summed E-state index contributed by atoms with van der Waals surface area (Å²) < 4.78 is 39.7. The summed E-state index contributed by atoms with van der Waals surface area (Å²) in [5.74, 6) is -4.43. The molecule has 0 bridgehead atoms. The van der Waals surface area contributed by atoms with Gasteiger partial charge in [-0.1, -0.05) is 29.8 Å². The van der Waals surface area contributed by atoms with Crippen molar-refractivity contribution in [2.45, 2.75) is 69.1 Å². The standard InChI is InChI=1S/C35H41ClFN3O8/c1-45-30-18-40(19-31(30)46-2)35(39-13-5-6-14-39,48-23-11-9-21(10-12-23)34(43)44)32(41)16-22-15-26(36)28(17-27(22)37)38-33(42)25-20-47-29-8-4-3-7-24(25)29/h3-4,7-8,15,17,20-21,23,30-31H,5-6,9-14,16,18-19H2,1-2H3,(H,38,42)(H,43,44)/t21?,23?,30-,31+,35?. The molecule has 3 atom stereocenters. The van der Waals surface area contributed by atoms with Crippen molar-refractivity contribution in [1.82, 2.24) is 9.80 Å². The van der Waals surface area contributed by atoms with Crippen molar-refractivity contribution in [3.63, 3.8) is 0 Å². The SMILES string of the molecule is CO[C@H]1CN(C(OC2CCC(C(=O)O)CC2)(C(=O)Cc2cc(Cl)c(NC(=O)c3coc4ccccc34)cc2F)N2CCCC2)C[C@H]1OC. The van der Waals surface area contributed by atoms with Crippen LogP contribution in [0.2, 0.25) is 5.02 Å². The third-order valence-corrected chi connectivity index (χ3v) is 10.3. The van der Waals surface area contributed by atoms with Gasteiger partial charge < -0.3 is 29.1 Å². The number of anilines is 1. The fraction of sp³-hybridized carbons (Fsp3) is 0.514. The van der Waals surface area contributed by atoms with Crippen LogP contribution in [-0.4, -0.2) is 97.1 Å². The highest BCUT2D eigenvalue weighted by molar-refractivity contribution is 6.34. The number of furan rings is 1. The van der Waals surface area contributed by atoms with E-state index in [-0.39, 0.29) is 52.4 Å². The summed E-state index contributed by atoms with van der Waals surface area (Å²) in [6.07, 6.45) is 3.55. The van der Waals surface area contributed by atoms with Gasteiger partial charge in [0.1, 0.15) is 17.7 Å². The molecule has 2 aromatic carbocycles. The van der Waals surface area contributed by atoms with Crippen LogP contribution in [0.3, 0.4) is 0 Å². The number of rotatable bonds is 12. The van der Waals surface area contributed by atoms with E-state index in [4.69, 9.17) is 30.2 Å². The molecule has 2 saturated heterocycles. The van der Waals surface area contributed by atoms with Gasteiger partial charge in [0.25, 0.3) is 5.91 Å². The lowest BCUT2D eigenvalue weighted by atomic mass is 9.87. The molecule has 3 fully saturated rings. The molecule has 1 amide bonds. The summed E-state index contributed by atoms with van der Waals surface area (Å²) in [7, 11) is 3.20. The lowest BCUT2D eigenvalue weighted by Crippen LogP contribution is -2.67. The van der Waals surface area contributed by atoms with Gasteiger partial charge in [-0.25, -0.2) is 4.39 Å². The normalized spacial score (nSPS) is 24.9. The van der Waals surface area contributed by atoms with Gasteiger partial charge >= 0.3 is 5.97 Å². The number of amides is 1. The van der Waals surface area contributed by atoms with Crippen LogP contribution in [0.15, 0.2) is 47.1 Å². The van der Waals surface area contributed by atoms with Crippen LogP contribution in [-0.2, 0) is 30.2 Å². The molecule has 1 unspecified atom stereocenters. The van der Waals surface area contributed by atoms with E-state index in [1.54, 1.807) is 38.5 Å². The van der Waals surface area contributed by atoms with E-state index >= 15 is 4.39 Å². The highest BCUT2D eigenvalue weighted by atomic mass is 35.5. The number of carbonyl (C=O) groups is 3. The number of aliphatic carboxylic acids is 1. The van der Waals surface area contributed by atoms with Crippen LogP contribution >= 0.6 is 11.6 Å². The number of hydrogen-bond acceptors (Lipinski definition) is 9. The minimum atomic E-state index is -1.56. The van der Waals surface area contributed by atoms with Crippen LogP contribution in [0.25, 0.3) is 11.0 Å². The van der Waals surface area contributed by atoms with Crippen LogP contribution in [0.1, 0.15) is 54.4 Å².